The molecule has 2 rings (SSSR count). The van der Waals surface area contributed by atoms with E-state index in [9.17, 15) is 9.18 Å². The summed E-state index contributed by atoms with van der Waals surface area (Å²) in [5.74, 6) is -0.871. The minimum absolute atomic E-state index is 0.206. The molecule has 0 atom stereocenters. The monoisotopic (exact) mass is 288 g/mol. The molecule has 0 saturated heterocycles. The second kappa shape index (κ2) is 5.79. The molecule has 0 bridgehead atoms. The quantitative estimate of drug-likeness (QED) is 0.854. The SMILES string of the molecule is Cc1cccc(NC(=O)c2cccc(F)c2)c1C(N)=S. The molecule has 0 heterocycles. The van der Waals surface area contributed by atoms with Crippen LogP contribution in [-0.4, -0.2) is 10.9 Å². The van der Waals surface area contributed by atoms with Crippen molar-refractivity contribution in [1.82, 2.24) is 0 Å². The van der Waals surface area contributed by atoms with Gasteiger partial charge in [0.2, 0.25) is 0 Å². The Hall–Kier alpha value is -2.27. The lowest BCUT2D eigenvalue weighted by atomic mass is 10.1. The van der Waals surface area contributed by atoms with E-state index in [2.05, 4.69) is 5.32 Å². The highest BCUT2D eigenvalue weighted by Crippen LogP contribution is 2.20. The van der Waals surface area contributed by atoms with E-state index in [1.54, 1.807) is 12.1 Å². The number of amides is 1. The van der Waals surface area contributed by atoms with E-state index in [0.29, 0.717) is 11.3 Å². The van der Waals surface area contributed by atoms with Gasteiger partial charge in [0.25, 0.3) is 5.91 Å². The predicted molar refractivity (Wildman–Crippen MR) is 81.4 cm³/mol. The Morgan fingerprint density at radius 3 is 2.60 bits per heavy atom. The Bertz CT molecular complexity index is 685. The molecule has 0 aliphatic rings. The number of thiocarbonyl (C=S) groups is 1. The van der Waals surface area contributed by atoms with Crippen molar-refractivity contribution in [3.05, 3.63) is 65.0 Å². The Morgan fingerprint density at radius 1 is 1.25 bits per heavy atom. The lowest BCUT2D eigenvalue weighted by molar-refractivity contribution is 0.102. The molecule has 2 aromatic carbocycles. The Balaban J connectivity index is 2.33. The maximum atomic E-state index is 13.1. The Morgan fingerprint density at radius 2 is 1.95 bits per heavy atom. The highest BCUT2D eigenvalue weighted by molar-refractivity contribution is 7.80. The average Bonchev–Trinajstić information content (AvgIpc) is 2.38. The molecule has 3 nitrogen and oxygen atoms in total. The minimum Gasteiger partial charge on any atom is -0.389 e. The molecule has 20 heavy (non-hydrogen) atoms. The van der Waals surface area contributed by atoms with Crippen molar-refractivity contribution in [3.8, 4) is 0 Å². The van der Waals surface area contributed by atoms with E-state index in [1.165, 1.54) is 24.3 Å². The second-order valence-corrected chi connectivity index (χ2v) is 4.77. The van der Waals surface area contributed by atoms with Crippen molar-refractivity contribution in [1.29, 1.82) is 0 Å². The first-order valence-electron chi connectivity index (χ1n) is 5.95. The first-order valence-corrected chi connectivity index (χ1v) is 6.36. The van der Waals surface area contributed by atoms with Crippen LogP contribution in [0.4, 0.5) is 10.1 Å². The molecule has 102 valence electrons. The number of nitrogens with one attached hydrogen (secondary N) is 1. The largest absolute Gasteiger partial charge is 0.389 e. The van der Waals surface area contributed by atoms with E-state index in [4.69, 9.17) is 18.0 Å². The zero-order valence-electron chi connectivity index (χ0n) is 10.8. The molecule has 0 aliphatic carbocycles. The van der Waals surface area contributed by atoms with Crippen LogP contribution in [0, 0.1) is 12.7 Å². The van der Waals surface area contributed by atoms with Gasteiger partial charge >= 0.3 is 0 Å². The van der Waals surface area contributed by atoms with Crippen LogP contribution in [0.5, 0.6) is 0 Å². The van der Waals surface area contributed by atoms with E-state index in [0.717, 1.165) is 5.56 Å². The van der Waals surface area contributed by atoms with Gasteiger partial charge in [-0.05, 0) is 36.8 Å². The van der Waals surface area contributed by atoms with Crippen LogP contribution < -0.4 is 11.1 Å². The molecule has 0 aliphatic heterocycles. The molecule has 5 heteroatoms. The number of hydrogen-bond acceptors (Lipinski definition) is 2. The summed E-state index contributed by atoms with van der Waals surface area (Å²) < 4.78 is 13.1. The molecule has 0 unspecified atom stereocenters. The van der Waals surface area contributed by atoms with Gasteiger partial charge in [0.15, 0.2) is 0 Å². The lowest BCUT2D eigenvalue weighted by Gasteiger charge is -2.12. The van der Waals surface area contributed by atoms with Gasteiger partial charge in [0, 0.05) is 11.1 Å². The fourth-order valence-electron chi connectivity index (χ4n) is 1.92. The van der Waals surface area contributed by atoms with Gasteiger partial charge in [-0.25, -0.2) is 4.39 Å². The van der Waals surface area contributed by atoms with Crippen molar-refractivity contribution < 1.29 is 9.18 Å². The summed E-state index contributed by atoms with van der Waals surface area (Å²) in [6, 6.07) is 10.8. The summed E-state index contributed by atoms with van der Waals surface area (Å²) in [6.45, 7) is 1.85. The molecular weight excluding hydrogens is 275 g/mol. The Kier molecular flexibility index (Phi) is 4.10. The molecule has 2 aromatic rings. The van der Waals surface area contributed by atoms with Crippen molar-refractivity contribution in [3.63, 3.8) is 0 Å². The van der Waals surface area contributed by atoms with Gasteiger partial charge in [-0.3, -0.25) is 4.79 Å². The van der Waals surface area contributed by atoms with Crippen molar-refractivity contribution in [2.45, 2.75) is 6.92 Å². The molecule has 0 radical (unpaired) electrons. The topological polar surface area (TPSA) is 55.1 Å². The smallest absolute Gasteiger partial charge is 0.255 e. The van der Waals surface area contributed by atoms with Crippen molar-refractivity contribution in [2.24, 2.45) is 5.73 Å². The maximum Gasteiger partial charge on any atom is 0.255 e. The number of carbonyl (C=O) groups excluding carboxylic acids is 1. The zero-order chi connectivity index (χ0) is 14.7. The normalized spacial score (nSPS) is 10.1. The number of carbonyl (C=O) groups is 1. The van der Waals surface area contributed by atoms with Crippen LogP contribution in [0.2, 0.25) is 0 Å². The average molecular weight is 288 g/mol. The van der Waals surface area contributed by atoms with Gasteiger partial charge in [0.05, 0.1) is 5.69 Å². The highest BCUT2D eigenvalue weighted by Gasteiger charge is 2.12. The number of nitrogens with two attached hydrogens (primary N) is 1. The number of benzene rings is 2. The molecule has 3 N–H and O–H groups in total. The molecule has 0 aromatic heterocycles. The summed E-state index contributed by atoms with van der Waals surface area (Å²) in [4.78, 5) is 12.3. The van der Waals surface area contributed by atoms with Crippen molar-refractivity contribution in [2.75, 3.05) is 5.32 Å². The third-order valence-electron chi connectivity index (χ3n) is 2.85. The number of aryl methyl sites for hydroxylation is 1. The number of rotatable bonds is 3. The minimum atomic E-state index is -0.462. The first kappa shape index (κ1) is 14.1. The van der Waals surface area contributed by atoms with Crippen LogP contribution >= 0.6 is 12.2 Å². The van der Waals surface area contributed by atoms with E-state index >= 15 is 0 Å². The summed E-state index contributed by atoms with van der Waals surface area (Å²) in [6.07, 6.45) is 0. The summed E-state index contributed by atoms with van der Waals surface area (Å²) in [5, 5.41) is 2.70. The molecule has 0 fully saturated rings. The fraction of sp³-hybridized carbons (Fsp3) is 0.0667. The number of anilines is 1. The zero-order valence-corrected chi connectivity index (χ0v) is 11.6. The molecule has 0 spiro atoms. The van der Waals surface area contributed by atoms with Gasteiger partial charge < -0.3 is 11.1 Å². The molecular formula is C15H13FN2OS. The van der Waals surface area contributed by atoms with Gasteiger partial charge in [-0.15, -0.1) is 0 Å². The molecule has 1 amide bonds. The highest BCUT2D eigenvalue weighted by atomic mass is 32.1. The van der Waals surface area contributed by atoms with Gasteiger partial charge in [-0.1, -0.05) is 30.4 Å². The van der Waals surface area contributed by atoms with Gasteiger partial charge in [0.1, 0.15) is 10.8 Å². The maximum absolute atomic E-state index is 13.1. The second-order valence-electron chi connectivity index (χ2n) is 4.33. The van der Waals surface area contributed by atoms with Crippen LogP contribution in [0.1, 0.15) is 21.5 Å². The predicted octanol–water partition coefficient (Wildman–Crippen LogP) is 3.02. The van der Waals surface area contributed by atoms with E-state index < -0.39 is 11.7 Å². The van der Waals surface area contributed by atoms with Crippen LogP contribution in [0.15, 0.2) is 42.5 Å². The first-order chi connectivity index (χ1) is 9.49. The lowest BCUT2D eigenvalue weighted by Crippen LogP contribution is -2.18. The summed E-state index contributed by atoms with van der Waals surface area (Å²) in [5.41, 5.74) is 7.92. The van der Waals surface area contributed by atoms with Crippen LogP contribution in [0.25, 0.3) is 0 Å². The fourth-order valence-corrected chi connectivity index (χ4v) is 2.19. The molecule has 0 saturated carbocycles. The Labute approximate surface area is 121 Å². The van der Waals surface area contributed by atoms with E-state index in [1.807, 2.05) is 13.0 Å². The standard InChI is InChI=1S/C15H13FN2OS/c1-9-4-2-7-12(13(9)14(17)20)18-15(19)10-5-3-6-11(16)8-10/h2-8H,1H3,(H2,17,20)(H,18,19). The van der Waals surface area contributed by atoms with E-state index in [-0.39, 0.29) is 10.6 Å². The van der Waals surface area contributed by atoms with Crippen LogP contribution in [0.3, 0.4) is 0 Å². The summed E-state index contributed by atoms with van der Waals surface area (Å²) in [7, 11) is 0. The van der Waals surface area contributed by atoms with Crippen molar-refractivity contribution >= 4 is 28.8 Å². The van der Waals surface area contributed by atoms with Crippen LogP contribution in [-0.2, 0) is 0 Å². The third kappa shape index (κ3) is 3.00. The number of halogens is 1. The third-order valence-corrected chi connectivity index (χ3v) is 3.06. The summed E-state index contributed by atoms with van der Waals surface area (Å²) >= 11 is 4.99. The van der Waals surface area contributed by atoms with Gasteiger partial charge in [-0.2, -0.15) is 0 Å². The number of hydrogen-bond donors (Lipinski definition) is 2.